The number of carbonyl (C=O) groups is 1. The zero-order valence-electron chi connectivity index (χ0n) is 10.8. The third kappa shape index (κ3) is 1.69. The van der Waals surface area contributed by atoms with Gasteiger partial charge in [0, 0.05) is 5.56 Å². The molecule has 2 aromatic carbocycles. The van der Waals surface area contributed by atoms with Crippen molar-refractivity contribution in [3.8, 4) is 11.4 Å². The number of rotatable bonds is 2. The van der Waals surface area contributed by atoms with Gasteiger partial charge >= 0.3 is 0 Å². The van der Waals surface area contributed by atoms with E-state index in [4.69, 9.17) is 5.73 Å². The van der Waals surface area contributed by atoms with Crippen molar-refractivity contribution in [2.24, 2.45) is 5.73 Å². The maximum absolute atomic E-state index is 11.5. The molecule has 0 aliphatic rings. The van der Waals surface area contributed by atoms with E-state index in [1.54, 1.807) is 12.1 Å². The van der Waals surface area contributed by atoms with Crippen LogP contribution in [0.25, 0.3) is 33.5 Å². The summed E-state index contributed by atoms with van der Waals surface area (Å²) >= 11 is 0. The minimum Gasteiger partial charge on any atom is -0.366 e. The molecule has 101 valence electrons. The fourth-order valence-corrected chi connectivity index (χ4v) is 2.46. The van der Waals surface area contributed by atoms with Crippen LogP contribution in [-0.4, -0.2) is 25.8 Å². The molecule has 0 atom stereocenters. The lowest BCUT2D eigenvalue weighted by atomic mass is 10.2. The van der Waals surface area contributed by atoms with Crippen LogP contribution in [0.2, 0.25) is 0 Å². The summed E-state index contributed by atoms with van der Waals surface area (Å²) in [6.45, 7) is 0. The molecular formula is C15H10N5O. The highest BCUT2D eigenvalue weighted by atomic mass is 16.1. The number of nitrogens with two attached hydrogens (primary N) is 1. The van der Waals surface area contributed by atoms with E-state index in [9.17, 15) is 4.79 Å². The van der Waals surface area contributed by atoms with Crippen molar-refractivity contribution in [2.75, 3.05) is 0 Å². The van der Waals surface area contributed by atoms with Gasteiger partial charge in [0.2, 0.25) is 0 Å². The second-order valence-electron chi connectivity index (χ2n) is 4.70. The molecular weight excluding hydrogens is 266 g/mol. The van der Waals surface area contributed by atoms with Gasteiger partial charge in [-0.25, -0.2) is 9.97 Å². The number of hydrogen-bond acceptors (Lipinski definition) is 3. The second-order valence-corrected chi connectivity index (χ2v) is 4.70. The van der Waals surface area contributed by atoms with Crippen molar-refractivity contribution >= 4 is 28.0 Å². The predicted octanol–water partition coefficient (Wildman–Crippen LogP) is 2.01. The van der Waals surface area contributed by atoms with E-state index in [0.29, 0.717) is 16.9 Å². The summed E-state index contributed by atoms with van der Waals surface area (Å²) < 4.78 is 0. The van der Waals surface area contributed by atoms with Gasteiger partial charge in [-0.2, -0.15) is 0 Å². The lowest BCUT2D eigenvalue weighted by molar-refractivity contribution is 0.100. The molecule has 0 aliphatic heterocycles. The van der Waals surface area contributed by atoms with Crippen LogP contribution in [0, 0.1) is 6.33 Å². The summed E-state index contributed by atoms with van der Waals surface area (Å²) in [4.78, 5) is 26.3. The lowest BCUT2D eigenvalue weighted by Gasteiger charge is -1.97. The maximum Gasteiger partial charge on any atom is 0.250 e. The first kappa shape index (κ1) is 11.7. The molecule has 4 rings (SSSR count). The molecule has 0 saturated heterocycles. The number of primary amides is 1. The fourth-order valence-electron chi connectivity index (χ4n) is 2.46. The Morgan fingerprint density at radius 1 is 1.19 bits per heavy atom. The van der Waals surface area contributed by atoms with Gasteiger partial charge in [0.15, 0.2) is 6.33 Å². The summed E-state index contributed by atoms with van der Waals surface area (Å²) in [7, 11) is 0. The Labute approximate surface area is 119 Å². The second kappa shape index (κ2) is 4.17. The van der Waals surface area contributed by atoms with Crippen LogP contribution >= 0.6 is 0 Å². The smallest absolute Gasteiger partial charge is 0.250 e. The Kier molecular flexibility index (Phi) is 2.32. The van der Waals surface area contributed by atoms with Crippen LogP contribution in [0.15, 0.2) is 36.4 Å². The molecule has 6 nitrogen and oxygen atoms in total. The highest BCUT2D eigenvalue weighted by molar-refractivity contribution is 6.05. The molecule has 0 saturated carbocycles. The SMILES string of the molecule is NC(=O)c1cccc2[nH]c(-c3cccc4n[c][nH]c34)nc12. The average molecular weight is 276 g/mol. The van der Waals surface area contributed by atoms with E-state index < -0.39 is 5.91 Å². The molecule has 1 radical (unpaired) electrons. The zero-order chi connectivity index (χ0) is 14.4. The van der Waals surface area contributed by atoms with Gasteiger partial charge in [-0.05, 0) is 24.3 Å². The Bertz CT molecular complexity index is 982. The van der Waals surface area contributed by atoms with E-state index in [2.05, 4.69) is 26.3 Å². The first-order chi connectivity index (χ1) is 10.2. The maximum atomic E-state index is 11.5. The minimum absolute atomic E-state index is 0.401. The molecule has 4 aromatic rings. The Morgan fingerprint density at radius 2 is 2.05 bits per heavy atom. The molecule has 0 unspecified atom stereocenters. The van der Waals surface area contributed by atoms with Crippen molar-refractivity contribution < 1.29 is 4.79 Å². The molecule has 6 heteroatoms. The van der Waals surface area contributed by atoms with Gasteiger partial charge in [0.05, 0.1) is 22.1 Å². The fraction of sp³-hybridized carbons (Fsp3) is 0. The molecule has 0 fully saturated rings. The summed E-state index contributed by atoms with van der Waals surface area (Å²) in [6.07, 6.45) is 2.72. The number of para-hydroxylation sites is 2. The van der Waals surface area contributed by atoms with Crippen molar-refractivity contribution in [3.63, 3.8) is 0 Å². The van der Waals surface area contributed by atoms with Crippen molar-refractivity contribution in [3.05, 3.63) is 48.3 Å². The highest BCUT2D eigenvalue weighted by Gasteiger charge is 2.14. The highest BCUT2D eigenvalue weighted by Crippen LogP contribution is 2.27. The Hall–Kier alpha value is -3.15. The van der Waals surface area contributed by atoms with E-state index in [-0.39, 0.29) is 0 Å². The number of hydrogen-bond donors (Lipinski definition) is 3. The van der Waals surface area contributed by atoms with Gasteiger partial charge in [0.25, 0.3) is 5.91 Å². The average Bonchev–Trinajstić information content (AvgIpc) is 3.12. The number of nitrogens with zero attached hydrogens (tertiary/aromatic N) is 2. The summed E-state index contributed by atoms with van der Waals surface area (Å²) in [5.74, 6) is 0.161. The third-order valence-corrected chi connectivity index (χ3v) is 3.43. The standard InChI is InChI=1S/C15H10N5O/c16-14(21)8-3-1-6-11-13(8)20-15(19-11)9-4-2-5-10-12(9)18-7-17-10/h1-6H,(H2,16,21)(H,17,18)(H,19,20). The first-order valence-corrected chi connectivity index (χ1v) is 6.38. The number of fused-ring (bicyclic) bond motifs is 2. The van der Waals surface area contributed by atoms with E-state index >= 15 is 0 Å². The largest absolute Gasteiger partial charge is 0.366 e. The quantitative estimate of drug-likeness (QED) is 0.522. The summed E-state index contributed by atoms with van der Waals surface area (Å²) in [5, 5.41) is 0. The van der Waals surface area contributed by atoms with Crippen LogP contribution in [0.1, 0.15) is 10.4 Å². The number of amides is 1. The normalized spacial score (nSPS) is 11.2. The lowest BCUT2D eigenvalue weighted by Crippen LogP contribution is -2.11. The van der Waals surface area contributed by atoms with Crippen LogP contribution in [0.3, 0.4) is 0 Å². The van der Waals surface area contributed by atoms with E-state index in [1.807, 2.05) is 24.3 Å². The monoisotopic (exact) mass is 276 g/mol. The molecule has 2 heterocycles. The molecule has 4 N–H and O–H groups in total. The van der Waals surface area contributed by atoms with Gasteiger partial charge in [-0.15, -0.1) is 0 Å². The molecule has 1 amide bonds. The molecule has 2 aromatic heterocycles. The third-order valence-electron chi connectivity index (χ3n) is 3.43. The van der Waals surface area contributed by atoms with Gasteiger partial charge < -0.3 is 15.7 Å². The summed E-state index contributed by atoms with van der Waals surface area (Å²) in [6, 6.07) is 11.0. The van der Waals surface area contributed by atoms with Crippen LogP contribution in [-0.2, 0) is 0 Å². The molecule has 0 spiro atoms. The van der Waals surface area contributed by atoms with E-state index in [1.165, 1.54) is 0 Å². The number of imidazole rings is 2. The zero-order valence-corrected chi connectivity index (χ0v) is 10.8. The Morgan fingerprint density at radius 3 is 2.90 bits per heavy atom. The molecule has 0 bridgehead atoms. The predicted molar refractivity (Wildman–Crippen MR) is 78.5 cm³/mol. The summed E-state index contributed by atoms with van der Waals surface area (Å²) in [5.41, 5.74) is 9.65. The first-order valence-electron chi connectivity index (χ1n) is 6.38. The number of aromatic amines is 2. The minimum atomic E-state index is -0.494. The molecule has 21 heavy (non-hydrogen) atoms. The number of aromatic nitrogens is 4. The number of benzene rings is 2. The van der Waals surface area contributed by atoms with Crippen molar-refractivity contribution in [1.82, 2.24) is 19.9 Å². The van der Waals surface area contributed by atoms with Gasteiger partial charge in [-0.3, -0.25) is 4.79 Å². The van der Waals surface area contributed by atoms with Crippen LogP contribution < -0.4 is 5.73 Å². The van der Waals surface area contributed by atoms with Gasteiger partial charge in [-0.1, -0.05) is 12.1 Å². The number of nitrogens with one attached hydrogen (secondary N) is 2. The van der Waals surface area contributed by atoms with Crippen molar-refractivity contribution in [1.29, 1.82) is 0 Å². The number of H-pyrrole nitrogens is 2. The Balaban J connectivity index is 2.01. The molecule has 0 aliphatic carbocycles. The van der Waals surface area contributed by atoms with E-state index in [0.717, 1.165) is 22.1 Å². The van der Waals surface area contributed by atoms with Crippen LogP contribution in [0.4, 0.5) is 0 Å². The van der Waals surface area contributed by atoms with Crippen molar-refractivity contribution in [2.45, 2.75) is 0 Å². The van der Waals surface area contributed by atoms with Crippen LogP contribution in [0.5, 0.6) is 0 Å². The topological polar surface area (TPSA) is 100 Å². The van der Waals surface area contributed by atoms with Gasteiger partial charge in [0.1, 0.15) is 11.3 Å². The number of carbonyl (C=O) groups excluding carboxylic acids is 1.